The maximum absolute atomic E-state index is 13.4. The van der Waals surface area contributed by atoms with Crippen LogP contribution in [0.1, 0.15) is 44.9 Å². The van der Waals surface area contributed by atoms with Gasteiger partial charge in [0.15, 0.2) is 0 Å². The normalized spacial score (nSPS) is 26.6. The molecule has 1 heterocycles. The third-order valence-corrected chi connectivity index (χ3v) is 6.50. The SMILES string of the molecule is Nc1ccc(F)cc1S(=O)C1CCOC2(CCCCC2)C1. The highest BCUT2D eigenvalue weighted by Gasteiger charge is 2.40. The zero-order valence-electron chi connectivity index (χ0n) is 12.1. The van der Waals surface area contributed by atoms with E-state index < -0.39 is 10.8 Å². The summed E-state index contributed by atoms with van der Waals surface area (Å²) in [6, 6.07) is 4.12. The first-order valence-corrected chi connectivity index (χ1v) is 8.91. The molecular formula is C16H22FNO2S. The highest BCUT2D eigenvalue weighted by Crippen LogP contribution is 2.41. The van der Waals surface area contributed by atoms with Gasteiger partial charge >= 0.3 is 0 Å². The van der Waals surface area contributed by atoms with E-state index in [4.69, 9.17) is 10.5 Å². The second-order valence-electron chi connectivity index (χ2n) is 6.19. The maximum atomic E-state index is 13.4. The van der Waals surface area contributed by atoms with Gasteiger partial charge in [0.2, 0.25) is 0 Å². The average Bonchev–Trinajstić information content (AvgIpc) is 2.50. The second kappa shape index (κ2) is 6.05. The molecule has 2 unspecified atom stereocenters. The van der Waals surface area contributed by atoms with Crippen LogP contribution in [0.3, 0.4) is 0 Å². The summed E-state index contributed by atoms with van der Waals surface area (Å²) in [5, 5.41) is 0.0148. The number of hydrogen-bond donors (Lipinski definition) is 1. The molecule has 3 rings (SSSR count). The Morgan fingerprint density at radius 3 is 2.81 bits per heavy atom. The molecule has 0 amide bonds. The Bertz CT molecular complexity index is 538. The van der Waals surface area contributed by atoms with Crippen molar-refractivity contribution < 1.29 is 13.3 Å². The Hall–Kier alpha value is -0.940. The van der Waals surface area contributed by atoms with Gasteiger partial charge in [-0.1, -0.05) is 19.3 Å². The first-order chi connectivity index (χ1) is 10.1. The molecule has 1 spiro atoms. The summed E-state index contributed by atoms with van der Waals surface area (Å²) < 4.78 is 32.3. The molecule has 1 aromatic carbocycles. The van der Waals surface area contributed by atoms with E-state index in [0.29, 0.717) is 17.2 Å². The molecule has 0 aromatic heterocycles. The van der Waals surface area contributed by atoms with Gasteiger partial charge in [0.25, 0.3) is 0 Å². The molecule has 2 N–H and O–H groups in total. The number of anilines is 1. The lowest BCUT2D eigenvalue weighted by atomic mass is 9.80. The highest BCUT2D eigenvalue weighted by molar-refractivity contribution is 7.85. The zero-order valence-corrected chi connectivity index (χ0v) is 13.0. The van der Waals surface area contributed by atoms with Crippen molar-refractivity contribution in [3.05, 3.63) is 24.0 Å². The summed E-state index contributed by atoms with van der Waals surface area (Å²) in [5.74, 6) is -0.382. The van der Waals surface area contributed by atoms with E-state index in [1.807, 2.05) is 0 Å². The topological polar surface area (TPSA) is 52.3 Å². The Balaban J connectivity index is 1.79. The molecular weight excluding hydrogens is 289 g/mol. The molecule has 116 valence electrons. The van der Waals surface area contributed by atoms with Crippen LogP contribution in [0.15, 0.2) is 23.1 Å². The quantitative estimate of drug-likeness (QED) is 0.852. The molecule has 0 radical (unpaired) electrons. The average molecular weight is 311 g/mol. The van der Waals surface area contributed by atoms with E-state index in [-0.39, 0.29) is 16.7 Å². The molecule has 1 saturated carbocycles. The van der Waals surface area contributed by atoms with Crippen LogP contribution in [0.2, 0.25) is 0 Å². The fourth-order valence-corrected chi connectivity index (χ4v) is 5.23. The first kappa shape index (κ1) is 15.0. The van der Waals surface area contributed by atoms with Crippen LogP contribution >= 0.6 is 0 Å². The fraction of sp³-hybridized carbons (Fsp3) is 0.625. The van der Waals surface area contributed by atoms with Crippen molar-refractivity contribution in [2.45, 2.75) is 60.7 Å². The van der Waals surface area contributed by atoms with Crippen LogP contribution in [0.25, 0.3) is 0 Å². The maximum Gasteiger partial charge on any atom is 0.124 e. The minimum absolute atomic E-state index is 0.0148. The van der Waals surface area contributed by atoms with Crippen LogP contribution in [0, 0.1) is 5.82 Å². The predicted octanol–water partition coefficient (Wildman–Crippen LogP) is 3.40. The van der Waals surface area contributed by atoms with Crippen molar-refractivity contribution in [2.24, 2.45) is 0 Å². The smallest absolute Gasteiger partial charge is 0.124 e. The van der Waals surface area contributed by atoms with E-state index in [2.05, 4.69) is 0 Å². The van der Waals surface area contributed by atoms with Crippen molar-refractivity contribution in [1.82, 2.24) is 0 Å². The van der Waals surface area contributed by atoms with Gasteiger partial charge in [-0.2, -0.15) is 0 Å². The molecule has 0 bridgehead atoms. The van der Waals surface area contributed by atoms with E-state index in [0.717, 1.165) is 25.7 Å². The minimum atomic E-state index is -1.26. The van der Waals surface area contributed by atoms with Crippen molar-refractivity contribution >= 4 is 16.5 Å². The summed E-state index contributed by atoms with van der Waals surface area (Å²) in [6.07, 6.45) is 7.29. The molecule has 1 aliphatic carbocycles. The Labute approximate surface area is 127 Å². The van der Waals surface area contributed by atoms with Crippen LogP contribution in [0.5, 0.6) is 0 Å². The standard InChI is InChI=1S/C16H22FNO2S/c17-12-4-5-14(18)15(10-12)21(19)13-6-9-20-16(11-13)7-2-1-3-8-16/h4-5,10,13H,1-3,6-9,11,18H2. The van der Waals surface area contributed by atoms with Crippen molar-refractivity contribution in [1.29, 1.82) is 0 Å². The van der Waals surface area contributed by atoms with E-state index in [9.17, 15) is 8.60 Å². The largest absolute Gasteiger partial charge is 0.398 e. The molecule has 21 heavy (non-hydrogen) atoms. The van der Waals surface area contributed by atoms with Crippen LogP contribution in [-0.4, -0.2) is 21.7 Å². The molecule has 1 aliphatic heterocycles. The lowest BCUT2D eigenvalue weighted by Gasteiger charge is -2.43. The van der Waals surface area contributed by atoms with Crippen molar-refractivity contribution in [2.75, 3.05) is 12.3 Å². The lowest BCUT2D eigenvalue weighted by Crippen LogP contribution is -2.44. The van der Waals surface area contributed by atoms with E-state index in [1.54, 1.807) is 0 Å². The summed E-state index contributed by atoms with van der Waals surface area (Å²) in [7, 11) is -1.26. The van der Waals surface area contributed by atoms with Gasteiger partial charge in [-0.25, -0.2) is 4.39 Å². The Kier molecular flexibility index (Phi) is 4.31. The minimum Gasteiger partial charge on any atom is -0.398 e. The fourth-order valence-electron chi connectivity index (χ4n) is 3.57. The van der Waals surface area contributed by atoms with E-state index in [1.165, 1.54) is 37.5 Å². The number of nitrogens with two attached hydrogens (primary N) is 1. The summed E-state index contributed by atoms with van der Waals surface area (Å²) in [6.45, 7) is 0.644. The van der Waals surface area contributed by atoms with Gasteiger partial charge in [0.1, 0.15) is 5.82 Å². The highest BCUT2D eigenvalue weighted by atomic mass is 32.2. The molecule has 2 aliphatic rings. The Morgan fingerprint density at radius 2 is 2.05 bits per heavy atom. The number of halogens is 1. The molecule has 2 atom stereocenters. The van der Waals surface area contributed by atoms with Crippen LogP contribution in [-0.2, 0) is 15.5 Å². The molecule has 2 fully saturated rings. The third kappa shape index (κ3) is 3.14. The van der Waals surface area contributed by atoms with Crippen LogP contribution < -0.4 is 5.73 Å². The zero-order chi connectivity index (χ0) is 14.9. The number of ether oxygens (including phenoxy) is 1. The number of benzene rings is 1. The first-order valence-electron chi connectivity index (χ1n) is 7.69. The van der Waals surface area contributed by atoms with E-state index >= 15 is 0 Å². The van der Waals surface area contributed by atoms with Gasteiger partial charge in [-0.15, -0.1) is 0 Å². The Morgan fingerprint density at radius 1 is 1.29 bits per heavy atom. The number of hydrogen-bond acceptors (Lipinski definition) is 3. The number of nitrogen functional groups attached to an aromatic ring is 1. The third-order valence-electron chi connectivity index (χ3n) is 4.71. The van der Waals surface area contributed by atoms with Gasteiger partial charge in [-0.3, -0.25) is 4.21 Å². The summed E-state index contributed by atoms with van der Waals surface area (Å²) in [4.78, 5) is 0.438. The second-order valence-corrected chi connectivity index (χ2v) is 7.89. The number of rotatable bonds is 2. The molecule has 1 saturated heterocycles. The monoisotopic (exact) mass is 311 g/mol. The van der Waals surface area contributed by atoms with Crippen molar-refractivity contribution in [3.63, 3.8) is 0 Å². The predicted molar refractivity (Wildman–Crippen MR) is 82.0 cm³/mol. The molecule has 1 aromatic rings. The van der Waals surface area contributed by atoms with Gasteiger partial charge in [0.05, 0.1) is 21.3 Å². The van der Waals surface area contributed by atoms with Gasteiger partial charge in [-0.05, 0) is 43.9 Å². The van der Waals surface area contributed by atoms with Crippen molar-refractivity contribution in [3.8, 4) is 0 Å². The lowest BCUT2D eigenvalue weighted by molar-refractivity contribution is -0.0975. The van der Waals surface area contributed by atoms with Gasteiger partial charge < -0.3 is 10.5 Å². The van der Waals surface area contributed by atoms with Gasteiger partial charge in [0, 0.05) is 17.5 Å². The molecule has 5 heteroatoms. The summed E-state index contributed by atoms with van der Waals surface area (Å²) >= 11 is 0. The van der Waals surface area contributed by atoms with Crippen LogP contribution in [0.4, 0.5) is 10.1 Å². The summed E-state index contributed by atoms with van der Waals surface area (Å²) in [5.41, 5.74) is 6.19. The molecule has 3 nitrogen and oxygen atoms in total.